The first-order chi connectivity index (χ1) is 15.6. The van der Waals surface area contributed by atoms with Gasteiger partial charge >= 0.3 is 0 Å². The first-order valence-electron chi connectivity index (χ1n) is 10.3. The Morgan fingerprint density at radius 3 is 2.53 bits per heavy atom. The van der Waals surface area contributed by atoms with Crippen molar-refractivity contribution in [1.82, 2.24) is 20.3 Å². The summed E-state index contributed by atoms with van der Waals surface area (Å²) in [7, 11) is 0. The molecule has 9 heteroatoms. The molecule has 3 aromatic rings. The topological polar surface area (TPSA) is 120 Å². The summed E-state index contributed by atoms with van der Waals surface area (Å²) in [5.41, 5.74) is 10.8. The van der Waals surface area contributed by atoms with Crippen molar-refractivity contribution in [3.63, 3.8) is 0 Å². The number of aromatic nitrogens is 3. The molecule has 0 bridgehead atoms. The number of rotatable bonds is 4. The summed E-state index contributed by atoms with van der Waals surface area (Å²) >= 11 is 0. The lowest BCUT2D eigenvalue weighted by molar-refractivity contribution is 0.0965. The number of fused-ring (bicyclic) bond motifs is 1. The molecule has 2 aliphatic rings. The van der Waals surface area contributed by atoms with Gasteiger partial charge in [0, 0.05) is 36.4 Å². The van der Waals surface area contributed by atoms with E-state index < -0.39 is 0 Å². The smallest absolute Gasteiger partial charge is 0.281 e. The summed E-state index contributed by atoms with van der Waals surface area (Å²) in [6.07, 6.45) is 3.28. The van der Waals surface area contributed by atoms with E-state index in [0.717, 1.165) is 48.9 Å². The molecule has 2 aromatic heterocycles. The van der Waals surface area contributed by atoms with Crippen LogP contribution in [0.4, 0.5) is 23.1 Å². The lowest BCUT2D eigenvalue weighted by Gasteiger charge is -2.29. The number of anilines is 4. The lowest BCUT2D eigenvalue weighted by atomic mass is 10.0. The van der Waals surface area contributed by atoms with Gasteiger partial charge < -0.3 is 20.7 Å². The van der Waals surface area contributed by atoms with Crippen molar-refractivity contribution in [2.24, 2.45) is 0 Å². The number of nitrogens with zero attached hydrogens (tertiary/aromatic N) is 5. The van der Waals surface area contributed by atoms with Crippen LogP contribution in [0.3, 0.4) is 0 Å². The van der Waals surface area contributed by atoms with Gasteiger partial charge in [0.05, 0.1) is 30.2 Å². The minimum Gasteiger partial charge on any atom is -0.378 e. The van der Waals surface area contributed by atoms with Crippen LogP contribution in [-0.2, 0) is 4.74 Å². The molecule has 1 amide bonds. The number of morpholine rings is 1. The fourth-order valence-electron chi connectivity index (χ4n) is 3.83. The van der Waals surface area contributed by atoms with Gasteiger partial charge in [0.2, 0.25) is 5.95 Å². The Balaban J connectivity index is 1.51. The van der Waals surface area contributed by atoms with Crippen molar-refractivity contribution in [1.29, 1.82) is 0 Å². The number of carbonyl (C=O) groups is 1. The summed E-state index contributed by atoms with van der Waals surface area (Å²) < 4.78 is 5.42. The summed E-state index contributed by atoms with van der Waals surface area (Å²) in [5, 5.41) is 7.20. The summed E-state index contributed by atoms with van der Waals surface area (Å²) in [4.78, 5) is 28.0. The summed E-state index contributed by atoms with van der Waals surface area (Å²) in [6.45, 7) is 5.04. The molecular formula is C23H22N7O2. The number of amides is 1. The van der Waals surface area contributed by atoms with Crippen LogP contribution in [0.1, 0.15) is 21.6 Å². The number of hydrogen-bond acceptors (Lipinski definition) is 8. The molecule has 9 nitrogen and oxygen atoms in total. The molecule has 0 unspecified atom stereocenters. The van der Waals surface area contributed by atoms with Gasteiger partial charge in [-0.15, -0.1) is 0 Å². The third-order valence-electron chi connectivity index (χ3n) is 5.35. The molecule has 5 rings (SSSR count). The molecule has 161 valence electrons. The van der Waals surface area contributed by atoms with E-state index in [-0.39, 0.29) is 11.9 Å². The van der Waals surface area contributed by atoms with Crippen molar-refractivity contribution in [2.75, 3.05) is 42.3 Å². The van der Waals surface area contributed by atoms with Crippen LogP contribution < -0.4 is 21.3 Å². The molecule has 3 N–H and O–H groups in total. The zero-order valence-corrected chi connectivity index (χ0v) is 17.6. The Labute approximate surface area is 185 Å². The van der Waals surface area contributed by atoms with Crippen LogP contribution in [0.25, 0.3) is 17.5 Å². The Hall–Kier alpha value is -3.98. The maximum atomic E-state index is 12.6. The number of hydrogen-bond donors (Lipinski definition) is 2. The van der Waals surface area contributed by atoms with E-state index in [2.05, 4.69) is 25.5 Å². The molecule has 0 atom stereocenters. The highest BCUT2D eigenvalue weighted by Crippen LogP contribution is 2.31. The number of nitrogen functional groups attached to an aromatic ring is 1. The SMILES string of the molecule is Cc1cc(-c2cc3c(c(Nc4ccc(N5CCOCC5)cc4)n2)C(=O)[N]C=C3)nc(N)n1. The fraction of sp³-hybridized carbons (Fsp3) is 0.217. The molecule has 1 saturated heterocycles. The van der Waals surface area contributed by atoms with Crippen LogP contribution in [0.2, 0.25) is 0 Å². The number of benzene rings is 1. The van der Waals surface area contributed by atoms with Gasteiger partial charge in [-0.05, 0) is 55.0 Å². The van der Waals surface area contributed by atoms with Gasteiger partial charge in [0.1, 0.15) is 5.82 Å². The molecular weight excluding hydrogens is 406 g/mol. The van der Waals surface area contributed by atoms with Crippen LogP contribution in [0.5, 0.6) is 0 Å². The minimum absolute atomic E-state index is 0.175. The molecule has 4 heterocycles. The largest absolute Gasteiger partial charge is 0.378 e. The van der Waals surface area contributed by atoms with Crippen LogP contribution >= 0.6 is 0 Å². The monoisotopic (exact) mass is 428 g/mol. The third kappa shape index (κ3) is 3.97. The zero-order valence-electron chi connectivity index (χ0n) is 17.6. The van der Waals surface area contributed by atoms with Crippen LogP contribution in [0, 0.1) is 6.92 Å². The Kier molecular flexibility index (Phi) is 5.16. The van der Waals surface area contributed by atoms with Gasteiger partial charge in [-0.1, -0.05) is 0 Å². The lowest BCUT2D eigenvalue weighted by Crippen LogP contribution is -2.36. The predicted molar refractivity (Wildman–Crippen MR) is 123 cm³/mol. The molecule has 0 spiro atoms. The second-order valence-electron chi connectivity index (χ2n) is 7.59. The van der Waals surface area contributed by atoms with E-state index in [1.807, 2.05) is 43.3 Å². The quantitative estimate of drug-likeness (QED) is 0.651. The van der Waals surface area contributed by atoms with E-state index >= 15 is 0 Å². The van der Waals surface area contributed by atoms with E-state index in [9.17, 15) is 4.79 Å². The Morgan fingerprint density at radius 2 is 1.78 bits per heavy atom. The first kappa shape index (κ1) is 20.0. The van der Waals surface area contributed by atoms with Gasteiger partial charge in [0.25, 0.3) is 5.91 Å². The van der Waals surface area contributed by atoms with Crippen molar-refractivity contribution < 1.29 is 9.53 Å². The normalized spacial score (nSPS) is 15.3. The van der Waals surface area contributed by atoms with Gasteiger partial charge in [0.15, 0.2) is 0 Å². The van der Waals surface area contributed by atoms with E-state index in [1.54, 1.807) is 6.08 Å². The molecule has 1 fully saturated rings. The van der Waals surface area contributed by atoms with Crippen molar-refractivity contribution in [3.8, 4) is 11.4 Å². The molecule has 0 saturated carbocycles. The second-order valence-corrected chi connectivity index (χ2v) is 7.59. The Morgan fingerprint density at radius 1 is 1.03 bits per heavy atom. The summed E-state index contributed by atoms with van der Waals surface area (Å²) in [6, 6.07) is 11.7. The van der Waals surface area contributed by atoms with E-state index in [1.165, 1.54) is 6.20 Å². The maximum absolute atomic E-state index is 12.6. The molecule has 2 aliphatic heterocycles. The average Bonchev–Trinajstić information content (AvgIpc) is 2.79. The van der Waals surface area contributed by atoms with E-state index in [4.69, 9.17) is 15.5 Å². The maximum Gasteiger partial charge on any atom is 0.281 e. The van der Waals surface area contributed by atoms with Crippen LogP contribution in [0.15, 0.2) is 42.6 Å². The molecule has 1 radical (unpaired) electrons. The van der Waals surface area contributed by atoms with Crippen molar-refractivity contribution in [2.45, 2.75) is 6.92 Å². The summed E-state index contributed by atoms with van der Waals surface area (Å²) in [5.74, 6) is 0.256. The molecule has 32 heavy (non-hydrogen) atoms. The minimum atomic E-state index is -0.340. The van der Waals surface area contributed by atoms with Crippen LogP contribution in [-0.4, -0.2) is 47.2 Å². The number of pyridine rings is 1. The highest BCUT2D eigenvalue weighted by atomic mass is 16.5. The van der Waals surface area contributed by atoms with Crippen molar-refractivity contribution >= 4 is 35.1 Å². The van der Waals surface area contributed by atoms with Gasteiger partial charge in [-0.25, -0.2) is 20.3 Å². The molecule has 1 aromatic carbocycles. The van der Waals surface area contributed by atoms with Gasteiger partial charge in [-0.3, -0.25) is 4.79 Å². The number of nitrogens with one attached hydrogen (secondary N) is 1. The zero-order chi connectivity index (χ0) is 22.1. The number of aryl methyl sites for hydroxylation is 1. The third-order valence-corrected chi connectivity index (χ3v) is 5.35. The fourth-order valence-corrected chi connectivity index (χ4v) is 3.83. The van der Waals surface area contributed by atoms with E-state index in [0.29, 0.717) is 22.8 Å². The second kappa shape index (κ2) is 8.27. The highest BCUT2D eigenvalue weighted by molar-refractivity contribution is 6.05. The number of nitrogens with two attached hydrogens (primary N) is 1. The Bertz CT molecular complexity index is 1180. The predicted octanol–water partition coefficient (Wildman–Crippen LogP) is 2.74. The average molecular weight is 428 g/mol. The standard InChI is InChI=1S/C23H22N7O2/c1-14-12-18(29-23(24)26-14)19-13-15-6-7-25-22(31)20(15)21(28-19)27-16-2-4-17(5-3-16)30-8-10-32-11-9-30/h2-7,12-13H,8-11H2,1H3,(H,27,28)(H2,24,26,29). The number of ether oxygens (including phenoxy) is 1. The van der Waals surface area contributed by atoms with Crippen molar-refractivity contribution in [3.05, 3.63) is 59.4 Å². The number of carbonyl (C=O) groups excluding carboxylic acids is 1. The first-order valence-corrected chi connectivity index (χ1v) is 10.3. The highest BCUT2D eigenvalue weighted by Gasteiger charge is 2.23. The molecule has 0 aliphatic carbocycles. The van der Waals surface area contributed by atoms with Gasteiger partial charge in [-0.2, -0.15) is 0 Å².